The normalized spacial score (nSPS) is 26.8. The summed E-state index contributed by atoms with van der Waals surface area (Å²) in [5, 5.41) is 10.5. The Morgan fingerprint density at radius 3 is 3.33 bits per heavy atom. The molecule has 0 N–H and O–H groups in total. The molecular weight excluding hydrogens is 158 g/mol. The van der Waals surface area contributed by atoms with Gasteiger partial charge in [-0.25, -0.2) is 4.99 Å². The van der Waals surface area contributed by atoms with Crippen molar-refractivity contribution < 1.29 is 4.92 Å². The second-order valence-corrected chi connectivity index (χ2v) is 2.86. The van der Waals surface area contributed by atoms with Crippen LogP contribution in [-0.4, -0.2) is 28.7 Å². The highest BCUT2D eigenvalue weighted by molar-refractivity contribution is 5.60. The molecule has 0 aliphatic carbocycles. The van der Waals surface area contributed by atoms with Crippen molar-refractivity contribution in [3.63, 3.8) is 0 Å². The molecule has 0 aromatic rings. The molecule has 5 nitrogen and oxygen atoms in total. The molecule has 0 aromatic carbocycles. The van der Waals surface area contributed by atoms with Crippen molar-refractivity contribution in [1.82, 2.24) is 4.90 Å². The molecule has 1 unspecified atom stereocenters. The van der Waals surface area contributed by atoms with E-state index in [0.29, 0.717) is 6.42 Å². The quantitative estimate of drug-likeness (QED) is 0.424. The summed E-state index contributed by atoms with van der Waals surface area (Å²) in [5.74, 6) is 0.767. The zero-order valence-electron chi connectivity index (χ0n) is 6.51. The highest BCUT2D eigenvalue weighted by atomic mass is 16.6. The van der Waals surface area contributed by atoms with Crippen molar-refractivity contribution in [1.29, 1.82) is 0 Å². The van der Waals surface area contributed by atoms with Gasteiger partial charge in [-0.3, -0.25) is 15.0 Å². The van der Waals surface area contributed by atoms with Crippen LogP contribution in [0.2, 0.25) is 0 Å². The first-order chi connectivity index (χ1) is 5.79. The van der Waals surface area contributed by atoms with Crippen LogP contribution in [-0.2, 0) is 0 Å². The van der Waals surface area contributed by atoms with E-state index in [1.807, 2.05) is 12.3 Å². The summed E-state index contributed by atoms with van der Waals surface area (Å²) in [6.45, 7) is 0.723. The summed E-state index contributed by atoms with van der Waals surface area (Å²) in [7, 11) is 0. The molecule has 2 rings (SSSR count). The second kappa shape index (κ2) is 2.58. The van der Waals surface area contributed by atoms with Gasteiger partial charge in [-0.1, -0.05) is 0 Å². The van der Waals surface area contributed by atoms with E-state index in [-0.39, 0.29) is 4.92 Å². The number of aliphatic imine (C=N–C) groups is 1. The number of nitro groups is 1. The third kappa shape index (κ3) is 0.975. The second-order valence-electron chi connectivity index (χ2n) is 2.86. The van der Waals surface area contributed by atoms with Crippen LogP contribution in [0.25, 0.3) is 0 Å². The maximum atomic E-state index is 10.5. The minimum absolute atomic E-state index is 0.246. The van der Waals surface area contributed by atoms with Gasteiger partial charge in [0.1, 0.15) is 5.82 Å². The summed E-state index contributed by atoms with van der Waals surface area (Å²) in [5.41, 5.74) is 0. The fourth-order valence-electron chi connectivity index (χ4n) is 1.55. The Morgan fingerprint density at radius 2 is 2.58 bits per heavy atom. The SMILES string of the molecule is O=[N+]([O-])C1CC=C2N=CCCN21. The molecule has 0 saturated heterocycles. The van der Waals surface area contributed by atoms with Gasteiger partial charge < -0.3 is 0 Å². The molecule has 0 aromatic heterocycles. The minimum Gasteiger partial charge on any atom is -0.294 e. The third-order valence-electron chi connectivity index (χ3n) is 2.13. The van der Waals surface area contributed by atoms with Gasteiger partial charge in [0.15, 0.2) is 0 Å². The van der Waals surface area contributed by atoms with Crippen molar-refractivity contribution in [2.45, 2.75) is 19.0 Å². The van der Waals surface area contributed by atoms with Gasteiger partial charge in [-0.05, 0) is 6.08 Å². The van der Waals surface area contributed by atoms with Crippen LogP contribution in [0.1, 0.15) is 12.8 Å². The molecule has 0 radical (unpaired) electrons. The summed E-state index contributed by atoms with van der Waals surface area (Å²) >= 11 is 0. The first-order valence-electron chi connectivity index (χ1n) is 3.92. The van der Waals surface area contributed by atoms with Crippen LogP contribution in [0.3, 0.4) is 0 Å². The Bertz CT molecular complexity index is 272. The van der Waals surface area contributed by atoms with Crippen LogP contribution in [0.5, 0.6) is 0 Å². The van der Waals surface area contributed by atoms with Crippen LogP contribution < -0.4 is 0 Å². The van der Waals surface area contributed by atoms with Gasteiger partial charge >= 0.3 is 0 Å². The maximum absolute atomic E-state index is 10.5. The predicted octanol–water partition coefficient (Wildman–Crippen LogP) is 0.611. The Morgan fingerprint density at radius 1 is 1.75 bits per heavy atom. The van der Waals surface area contributed by atoms with Gasteiger partial charge in [-0.15, -0.1) is 0 Å². The number of fused-ring (bicyclic) bond motifs is 1. The molecule has 0 fully saturated rings. The van der Waals surface area contributed by atoms with E-state index in [1.54, 1.807) is 4.90 Å². The first-order valence-corrected chi connectivity index (χ1v) is 3.92. The van der Waals surface area contributed by atoms with Crippen molar-refractivity contribution in [3.05, 3.63) is 22.0 Å². The average Bonchev–Trinajstić information content (AvgIpc) is 2.47. The predicted molar refractivity (Wildman–Crippen MR) is 43.3 cm³/mol. The van der Waals surface area contributed by atoms with Gasteiger partial charge in [0.25, 0.3) is 6.17 Å². The van der Waals surface area contributed by atoms with Crippen LogP contribution in [0.4, 0.5) is 0 Å². The minimum atomic E-state index is -0.572. The van der Waals surface area contributed by atoms with E-state index in [1.165, 1.54) is 0 Å². The topological polar surface area (TPSA) is 58.7 Å². The van der Waals surface area contributed by atoms with Gasteiger partial charge in [-0.2, -0.15) is 0 Å². The van der Waals surface area contributed by atoms with E-state index >= 15 is 0 Å². The van der Waals surface area contributed by atoms with Crippen LogP contribution in [0.15, 0.2) is 16.9 Å². The van der Waals surface area contributed by atoms with E-state index < -0.39 is 6.17 Å². The molecular formula is C7H9N3O2. The van der Waals surface area contributed by atoms with Gasteiger partial charge in [0, 0.05) is 24.1 Å². The lowest BCUT2D eigenvalue weighted by molar-refractivity contribution is -0.544. The molecule has 64 valence electrons. The van der Waals surface area contributed by atoms with Crippen molar-refractivity contribution >= 4 is 6.21 Å². The lowest BCUT2D eigenvalue weighted by Crippen LogP contribution is -2.37. The van der Waals surface area contributed by atoms with E-state index in [4.69, 9.17) is 0 Å². The zero-order chi connectivity index (χ0) is 8.55. The Hall–Kier alpha value is -1.39. The van der Waals surface area contributed by atoms with Crippen molar-refractivity contribution in [2.24, 2.45) is 4.99 Å². The summed E-state index contributed by atoms with van der Waals surface area (Å²) in [4.78, 5) is 16.1. The summed E-state index contributed by atoms with van der Waals surface area (Å²) in [6.07, 6.45) is 4.35. The maximum Gasteiger partial charge on any atom is 0.291 e. The van der Waals surface area contributed by atoms with Crippen LogP contribution >= 0.6 is 0 Å². The Labute approximate surface area is 69.5 Å². The largest absolute Gasteiger partial charge is 0.294 e. The number of hydrogen-bond acceptors (Lipinski definition) is 4. The number of hydrogen-bond donors (Lipinski definition) is 0. The molecule has 0 spiro atoms. The van der Waals surface area contributed by atoms with Gasteiger partial charge in [0.05, 0.1) is 6.42 Å². The lowest BCUT2D eigenvalue weighted by Gasteiger charge is -2.23. The molecule has 0 amide bonds. The first kappa shape index (κ1) is 7.27. The molecule has 2 aliphatic rings. The summed E-state index contributed by atoms with van der Waals surface area (Å²) in [6, 6.07) is 0. The highest BCUT2D eigenvalue weighted by Crippen LogP contribution is 2.25. The average molecular weight is 167 g/mol. The smallest absolute Gasteiger partial charge is 0.291 e. The monoisotopic (exact) mass is 167 g/mol. The summed E-state index contributed by atoms with van der Waals surface area (Å²) < 4.78 is 0. The van der Waals surface area contributed by atoms with Gasteiger partial charge in [0.2, 0.25) is 0 Å². The molecule has 2 aliphatic heterocycles. The highest BCUT2D eigenvalue weighted by Gasteiger charge is 2.34. The number of nitrogens with zero attached hydrogens (tertiary/aromatic N) is 3. The number of rotatable bonds is 1. The molecule has 12 heavy (non-hydrogen) atoms. The van der Waals surface area contributed by atoms with Crippen LogP contribution in [0, 0.1) is 10.1 Å². The third-order valence-corrected chi connectivity index (χ3v) is 2.13. The standard InChI is InChI=1S/C7H9N3O2/c11-10(12)7-3-2-6-8-4-1-5-9(6)7/h2,4,7H,1,3,5H2. The molecule has 5 heteroatoms. The van der Waals surface area contributed by atoms with Crippen molar-refractivity contribution in [3.8, 4) is 0 Å². The Balaban J connectivity index is 2.19. The van der Waals surface area contributed by atoms with E-state index in [0.717, 1.165) is 18.8 Å². The van der Waals surface area contributed by atoms with E-state index in [2.05, 4.69) is 4.99 Å². The molecule has 0 bridgehead atoms. The van der Waals surface area contributed by atoms with Crippen molar-refractivity contribution in [2.75, 3.05) is 6.54 Å². The lowest BCUT2D eigenvalue weighted by atomic mass is 10.3. The molecule has 2 heterocycles. The van der Waals surface area contributed by atoms with E-state index in [9.17, 15) is 10.1 Å². The molecule has 1 atom stereocenters. The fraction of sp³-hybridized carbons (Fsp3) is 0.571. The molecule has 0 saturated carbocycles. The Kier molecular flexibility index (Phi) is 1.56. The fourth-order valence-corrected chi connectivity index (χ4v) is 1.55. The zero-order valence-corrected chi connectivity index (χ0v) is 6.51.